The summed E-state index contributed by atoms with van der Waals surface area (Å²) in [5.74, 6) is -4.22. The normalized spacial score (nSPS) is 11.9. The van der Waals surface area contributed by atoms with Gasteiger partial charge >= 0.3 is 5.97 Å². The molecule has 0 saturated heterocycles. The fourth-order valence-corrected chi connectivity index (χ4v) is 1.91. The first-order chi connectivity index (χ1) is 8.00. The number of nitrogens with zero attached hydrogens (tertiary/aromatic N) is 2. The Labute approximate surface area is 99.7 Å². The number of fused-ring (bicyclic) bond motifs is 1. The fraction of sp³-hybridized carbons (Fsp3) is 0.222. The van der Waals surface area contributed by atoms with Gasteiger partial charge in [0.2, 0.25) is 0 Å². The smallest absolute Gasteiger partial charge is 0.317 e. The lowest BCUT2D eigenvalue weighted by Gasteiger charge is -2.49. The van der Waals surface area contributed by atoms with E-state index in [0.29, 0.717) is 5.52 Å². The number of nitrogens with one attached hydrogen (secondary N) is 1. The van der Waals surface area contributed by atoms with Crippen molar-refractivity contribution < 1.29 is 20.1 Å². The lowest BCUT2D eigenvalue weighted by molar-refractivity contribution is -0.744. The summed E-state index contributed by atoms with van der Waals surface area (Å²) in [5.41, 5.74) is 0.506. The molecule has 0 aliphatic rings. The van der Waals surface area contributed by atoms with Gasteiger partial charge < -0.3 is 20.6 Å². The van der Waals surface area contributed by atoms with E-state index in [9.17, 15) is 15.0 Å². The van der Waals surface area contributed by atoms with Gasteiger partial charge in [-0.3, -0.25) is 4.79 Å². The quantitative estimate of drug-likeness (QED) is 0.616. The summed E-state index contributed by atoms with van der Waals surface area (Å²) >= 11 is 0.886. The largest absolute Gasteiger partial charge is 0.848 e. The Kier molecular flexibility index (Phi) is 3.03. The van der Waals surface area contributed by atoms with Crippen LogP contribution >= 0.6 is 11.7 Å². The summed E-state index contributed by atoms with van der Waals surface area (Å²) in [7, 11) is 0. The second kappa shape index (κ2) is 4.34. The number of hydrogen-bond donors (Lipinski definition) is 2. The summed E-state index contributed by atoms with van der Waals surface area (Å²) in [5, 5.41) is 33.8. The molecule has 90 valence electrons. The van der Waals surface area contributed by atoms with Crippen LogP contribution in [-0.2, 0) is 10.7 Å². The Morgan fingerprint density at radius 3 is 2.94 bits per heavy atom. The molecular formula is C9H7N3O4S-2. The van der Waals surface area contributed by atoms with Crippen molar-refractivity contribution in [1.29, 1.82) is 0 Å². The second-order valence-corrected chi connectivity index (χ2v) is 3.83. The minimum atomic E-state index is -2.95. The maximum Gasteiger partial charge on any atom is 0.317 e. The summed E-state index contributed by atoms with van der Waals surface area (Å²) < 4.78 is 7.75. The maximum absolute atomic E-state index is 11.7. The molecule has 0 saturated carbocycles. The molecule has 0 unspecified atom stereocenters. The highest BCUT2D eigenvalue weighted by Gasteiger charge is 2.12. The van der Waals surface area contributed by atoms with Crippen LogP contribution in [0.2, 0.25) is 0 Å². The number of aliphatic carboxylic acids is 1. The molecule has 2 aromatic rings. The molecule has 1 heterocycles. The Balaban J connectivity index is 2.37. The van der Waals surface area contributed by atoms with Gasteiger partial charge in [0, 0.05) is 0 Å². The zero-order chi connectivity index (χ0) is 12.5. The van der Waals surface area contributed by atoms with Crippen LogP contribution in [-0.4, -0.2) is 26.4 Å². The lowest BCUT2D eigenvalue weighted by Crippen LogP contribution is -2.64. The van der Waals surface area contributed by atoms with E-state index in [4.69, 9.17) is 5.11 Å². The minimum Gasteiger partial charge on any atom is -0.848 e. The third-order valence-corrected chi connectivity index (χ3v) is 2.66. The molecule has 2 N–H and O–H groups in total. The molecule has 0 bridgehead atoms. The van der Waals surface area contributed by atoms with Crippen molar-refractivity contribution >= 4 is 28.7 Å². The van der Waals surface area contributed by atoms with Gasteiger partial charge in [0.15, 0.2) is 0 Å². The Bertz CT molecular complexity index is 554. The van der Waals surface area contributed by atoms with E-state index >= 15 is 0 Å². The van der Waals surface area contributed by atoms with Crippen LogP contribution in [0.15, 0.2) is 18.2 Å². The first kappa shape index (κ1) is 11.9. The minimum absolute atomic E-state index is 0.148. The van der Waals surface area contributed by atoms with E-state index in [1.54, 1.807) is 6.07 Å². The SMILES string of the molecule is O=C(O)CNC([O-])([O-])c1cccc2nsnc12. The van der Waals surface area contributed by atoms with Crippen molar-refractivity contribution in [2.24, 2.45) is 0 Å². The van der Waals surface area contributed by atoms with Crippen LogP contribution in [0, 0.1) is 0 Å². The van der Waals surface area contributed by atoms with E-state index in [1.807, 2.05) is 5.32 Å². The molecule has 0 atom stereocenters. The molecule has 0 radical (unpaired) electrons. The zero-order valence-corrected chi connectivity index (χ0v) is 9.23. The average Bonchev–Trinajstić information content (AvgIpc) is 2.74. The maximum atomic E-state index is 11.7. The van der Waals surface area contributed by atoms with Gasteiger partial charge in [0.05, 0.1) is 18.3 Å². The van der Waals surface area contributed by atoms with E-state index in [-0.39, 0.29) is 11.1 Å². The molecule has 0 spiro atoms. The molecule has 1 aromatic heterocycles. The molecule has 8 heteroatoms. The average molecular weight is 253 g/mol. The van der Waals surface area contributed by atoms with Gasteiger partial charge in [-0.05, 0) is 11.6 Å². The first-order valence-electron chi connectivity index (χ1n) is 4.60. The van der Waals surface area contributed by atoms with E-state index in [2.05, 4.69) is 8.75 Å². The zero-order valence-electron chi connectivity index (χ0n) is 8.41. The Morgan fingerprint density at radius 2 is 2.24 bits per heavy atom. The molecule has 7 nitrogen and oxygen atoms in total. The van der Waals surface area contributed by atoms with E-state index in [0.717, 1.165) is 11.7 Å². The van der Waals surface area contributed by atoms with Crippen LogP contribution in [0.1, 0.15) is 5.56 Å². The standard InChI is InChI=1S/C9H7N3O4S/c13-7(14)4-10-9(15,16)5-2-1-3-6-8(5)12-17-11-6/h1-3,10H,4H2,(H,13,14)/q-2. The number of aromatic nitrogens is 2. The van der Waals surface area contributed by atoms with Gasteiger partial charge in [-0.1, -0.05) is 12.1 Å². The number of benzene rings is 1. The second-order valence-electron chi connectivity index (χ2n) is 3.30. The Hall–Kier alpha value is -1.61. The van der Waals surface area contributed by atoms with Crippen molar-refractivity contribution in [3.05, 3.63) is 23.8 Å². The summed E-state index contributed by atoms with van der Waals surface area (Å²) in [4.78, 5) is 10.3. The molecular weight excluding hydrogens is 246 g/mol. The van der Waals surface area contributed by atoms with Crippen molar-refractivity contribution in [2.75, 3.05) is 6.54 Å². The van der Waals surface area contributed by atoms with Crippen molar-refractivity contribution in [2.45, 2.75) is 5.91 Å². The number of carbonyl (C=O) groups is 1. The van der Waals surface area contributed by atoms with Gasteiger partial charge in [-0.25, -0.2) is 0 Å². The Morgan fingerprint density at radius 1 is 1.47 bits per heavy atom. The number of carboxylic acids is 1. The van der Waals surface area contributed by atoms with Crippen LogP contribution in [0.3, 0.4) is 0 Å². The molecule has 17 heavy (non-hydrogen) atoms. The van der Waals surface area contributed by atoms with Crippen LogP contribution < -0.4 is 15.5 Å². The predicted molar refractivity (Wildman–Crippen MR) is 54.7 cm³/mol. The van der Waals surface area contributed by atoms with E-state index < -0.39 is 18.4 Å². The molecule has 0 fully saturated rings. The van der Waals surface area contributed by atoms with Gasteiger partial charge in [-0.2, -0.15) is 8.75 Å². The van der Waals surface area contributed by atoms with E-state index in [1.165, 1.54) is 12.1 Å². The predicted octanol–water partition coefficient (Wildman–Crippen LogP) is -1.80. The highest BCUT2D eigenvalue weighted by molar-refractivity contribution is 7.00. The summed E-state index contributed by atoms with van der Waals surface area (Å²) in [6, 6.07) is 4.44. The van der Waals surface area contributed by atoms with Crippen molar-refractivity contribution in [3.63, 3.8) is 0 Å². The van der Waals surface area contributed by atoms with Crippen molar-refractivity contribution in [3.8, 4) is 0 Å². The monoisotopic (exact) mass is 253 g/mol. The molecule has 0 aliphatic carbocycles. The lowest BCUT2D eigenvalue weighted by atomic mass is 10.1. The highest BCUT2D eigenvalue weighted by Crippen LogP contribution is 2.20. The third kappa shape index (κ3) is 2.39. The molecule has 0 amide bonds. The molecule has 0 aliphatic heterocycles. The van der Waals surface area contributed by atoms with Crippen molar-refractivity contribution in [1.82, 2.24) is 14.1 Å². The summed E-state index contributed by atoms with van der Waals surface area (Å²) in [6.07, 6.45) is 0. The fourth-order valence-electron chi connectivity index (χ4n) is 1.36. The number of hydrogen-bond acceptors (Lipinski definition) is 7. The van der Waals surface area contributed by atoms with Gasteiger partial charge in [0.1, 0.15) is 11.0 Å². The van der Waals surface area contributed by atoms with Crippen LogP contribution in [0.25, 0.3) is 11.0 Å². The number of carboxylic acid groups (broad SMARTS) is 1. The highest BCUT2D eigenvalue weighted by atomic mass is 32.1. The molecule has 2 rings (SSSR count). The molecule has 1 aromatic carbocycles. The topological polar surface area (TPSA) is 121 Å². The van der Waals surface area contributed by atoms with Gasteiger partial charge in [0.25, 0.3) is 0 Å². The van der Waals surface area contributed by atoms with Crippen LogP contribution in [0.4, 0.5) is 0 Å². The first-order valence-corrected chi connectivity index (χ1v) is 5.33. The van der Waals surface area contributed by atoms with Crippen LogP contribution in [0.5, 0.6) is 0 Å². The summed E-state index contributed by atoms with van der Waals surface area (Å²) in [6.45, 7) is -0.707. The third-order valence-electron chi connectivity index (χ3n) is 2.11. The number of rotatable bonds is 4. The van der Waals surface area contributed by atoms with Gasteiger partial charge in [-0.15, -0.1) is 5.91 Å².